The van der Waals surface area contributed by atoms with Gasteiger partial charge in [0.2, 0.25) is 0 Å². The van der Waals surface area contributed by atoms with Gasteiger partial charge in [-0.1, -0.05) is 0 Å². The second-order valence-corrected chi connectivity index (χ2v) is 3.51. The molecule has 0 saturated carbocycles. The Morgan fingerprint density at radius 1 is 1.50 bits per heavy atom. The van der Waals surface area contributed by atoms with Crippen LogP contribution in [0.2, 0.25) is 0 Å². The summed E-state index contributed by atoms with van der Waals surface area (Å²) < 4.78 is 63.3. The molecule has 0 amide bonds. The third-order valence-corrected chi connectivity index (χ3v) is 2.15. The van der Waals surface area contributed by atoms with Crippen LogP contribution >= 0.6 is 0 Å². The number of nitrogens with zero attached hydrogens (tertiary/aromatic N) is 1. The van der Waals surface area contributed by atoms with Gasteiger partial charge in [0.25, 0.3) is 10.1 Å². The van der Waals surface area contributed by atoms with Gasteiger partial charge in [0.1, 0.15) is 0 Å². The van der Waals surface area contributed by atoms with E-state index in [9.17, 15) is 21.6 Å². The Morgan fingerprint density at radius 2 is 1.92 bits per heavy atom. The average Bonchev–Trinajstić information content (AvgIpc) is 1.77. The Labute approximate surface area is 66.4 Å². The normalized spacial score (nSPS) is 15.2. The van der Waals surface area contributed by atoms with Crippen molar-refractivity contribution in [2.24, 2.45) is 0 Å². The molecular weight excluding hydrogens is 199 g/mol. The van der Waals surface area contributed by atoms with Crippen LogP contribution in [-0.2, 0) is 10.1 Å². The van der Waals surface area contributed by atoms with Crippen LogP contribution < -0.4 is 0 Å². The maximum atomic E-state index is 11.7. The second kappa shape index (κ2) is 3.28. The van der Waals surface area contributed by atoms with Crippen molar-refractivity contribution in [1.82, 2.24) is 0 Å². The average molecular weight is 203 g/mol. The Bertz CT molecular complexity index is 288. The zero-order chi connectivity index (χ0) is 9.99. The third kappa shape index (κ3) is 3.06. The highest BCUT2D eigenvalue weighted by atomic mass is 32.2. The van der Waals surface area contributed by atoms with Crippen molar-refractivity contribution >= 4 is 10.1 Å². The first kappa shape index (κ1) is 11.2. The summed E-state index contributed by atoms with van der Waals surface area (Å²) in [6, 6.07) is 1.02. The second-order valence-electron chi connectivity index (χ2n) is 1.91. The van der Waals surface area contributed by atoms with E-state index < -0.39 is 28.0 Å². The van der Waals surface area contributed by atoms with Crippen LogP contribution in [0.5, 0.6) is 0 Å². The van der Waals surface area contributed by atoms with Gasteiger partial charge in [-0.25, -0.2) is 0 Å². The fraction of sp³-hybridized carbons (Fsp3) is 0.750. The van der Waals surface area contributed by atoms with Gasteiger partial charge in [0.15, 0.2) is 5.25 Å². The monoisotopic (exact) mass is 203 g/mol. The topological polar surface area (TPSA) is 78.2 Å². The van der Waals surface area contributed by atoms with Crippen molar-refractivity contribution in [3.63, 3.8) is 0 Å². The molecule has 0 aliphatic heterocycles. The molecule has 0 aromatic rings. The van der Waals surface area contributed by atoms with Gasteiger partial charge in [-0.05, 0) is 0 Å². The van der Waals surface area contributed by atoms with E-state index in [1.807, 2.05) is 0 Å². The molecule has 1 N–H and O–H groups in total. The Morgan fingerprint density at radius 3 is 2.00 bits per heavy atom. The van der Waals surface area contributed by atoms with Crippen LogP contribution in [0.3, 0.4) is 0 Å². The van der Waals surface area contributed by atoms with E-state index in [0.717, 1.165) is 6.07 Å². The van der Waals surface area contributed by atoms with Crippen molar-refractivity contribution in [2.75, 3.05) is 0 Å². The van der Waals surface area contributed by atoms with Crippen LogP contribution in [0.4, 0.5) is 13.2 Å². The van der Waals surface area contributed by atoms with Gasteiger partial charge < -0.3 is 0 Å². The first-order valence-corrected chi connectivity index (χ1v) is 4.10. The van der Waals surface area contributed by atoms with Crippen LogP contribution in [0.25, 0.3) is 0 Å². The standard InChI is InChI=1S/C4H4F3NO3S/c5-4(6,7)3(1-2-8)12(9,10)11/h3H,1H2,(H,9,10,11). The first-order chi connectivity index (χ1) is 5.19. The molecule has 0 spiro atoms. The number of rotatable bonds is 2. The van der Waals surface area contributed by atoms with E-state index in [2.05, 4.69) is 0 Å². The molecule has 0 aliphatic carbocycles. The van der Waals surface area contributed by atoms with Crippen LogP contribution in [0, 0.1) is 11.3 Å². The molecule has 12 heavy (non-hydrogen) atoms. The van der Waals surface area contributed by atoms with Gasteiger partial charge >= 0.3 is 6.18 Å². The zero-order valence-electron chi connectivity index (χ0n) is 5.54. The highest BCUT2D eigenvalue weighted by Gasteiger charge is 2.47. The Balaban J connectivity index is 4.85. The lowest BCUT2D eigenvalue weighted by Gasteiger charge is -2.13. The highest BCUT2D eigenvalue weighted by Crippen LogP contribution is 2.27. The fourth-order valence-electron chi connectivity index (χ4n) is 0.473. The van der Waals surface area contributed by atoms with E-state index in [0.29, 0.717) is 0 Å². The summed E-state index contributed by atoms with van der Waals surface area (Å²) in [5.41, 5.74) is 0. The molecule has 1 unspecified atom stereocenters. The predicted octanol–water partition coefficient (Wildman–Crippen LogP) is 0.719. The molecule has 0 aromatic carbocycles. The quantitative estimate of drug-likeness (QED) is 0.670. The smallest absolute Gasteiger partial charge is 0.285 e. The number of alkyl halides is 3. The Hall–Kier alpha value is -0.810. The molecule has 0 saturated heterocycles. The van der Waals surface area contributed by atoms with Gasteiger partial charge in [-0.3, -0.25) is 4.55 Å². The van der Waals surface area contributed by atoms with Crippen molar-refractivity contribution in [2.45, 2.75) is 17.8 Å². The van der Waals surface area contributed by atoms with E-state index in [-0.39, 0.29) is 0 Å². The van der Waals surface area contributed by atoms with Gasteiger partial charge in [-0.15, -0.1) is 0 Å². The molecule has 0 rings (SSSR count). The van der Waals surface area contributed by atoms with Crippen molar-refractivity contribution in [3.05, 3.63) is 0 Å². The summed E-state index contributed by atoms with van der Waals surface area (Å²) in [7, 11) is -5.23. The van der Waals surface area contributed by atoms with Gasteiger partial charge in [0.05, 0.1) is 12.5 Å². The number of halogens is 3. The summed E-state index contributed by atoms with van der Waals surface area (Å²) in [5.74, 6) is 0. The summed E-state index contributed by atoms with van der Waals surface area (Å²) in [6.07, 6.45) is -6.41. The molecule has 70 valence electrons. The third-order valence-electron chi connectivity index (χ3n) is 1.00. The van der Waals surface area contributed by atoms with E-state index >= 15 is 0 Å². The molecule has 0 fully saturated rings. The van der Waals surface area contributed by atoms with E-state index in [1.54, 1.807) is 0 Å². The predicted molar refractivity (Wildman–Crippen MR) is 31.6 cm³/mol. The van der Waals surface area contributed by atoms with E-state index in [1.165, 1.54) is 0 Å². The van der Waals surface area contributed by atoms with Crippen LogP contribution in [-0.4, -0.2) is 24.4 Å². The molecule has 0 aromatic heterocycles. The first-order valence-electron chi connectivity index (χ1n) is 2.59. The molecule has 4 nitrogen and oxygen atoms in total. The molecule has 0 heterocycles. The van der Waals surface area contributed by atoms with Crippen LogP contribution in [0.15, 0.2) is 0 Å². The molecule has 0 aliphatic rings. The molecule has 8 heteroatoms. The minimum absolute atomic E-state index is 1.02. The lowest BCUT2D eigenvalue weighted by Crippen LogP contribution is -2.35. The van der Waals surface area contributed by atoms with Crippen molar-refractivity contribution in [1.29, 1.82) is 5.26 Å². The fourth-order valence-corrected chi connectivity index (χ4v) is 1.10. The lowest BCUT2D eigenvalue weighted by atomic mass is 10.3. The Kier molecular flexibility index (Phi) is 3.06. The van der Waals surface area contributed by atoms with Gasteiger partial charge in [-0.2, -0.15) is 26.9 Å². The van der Waals surface area contributed by atoms with Gasteiger partial charge in [0, 0.05) is 0 Å². The number of nitriles is 1. The highest BCUT2D eigenvalue weighted by molar-refractivity contribution is 7.86. The number of hydrogen-bond acceptors (Lipinski definition) is 3. The molecule has 1 atom stereocenters. The summed E-state index contributed by atoms with van der Waals surface area (Å²) in [6.45, 7) is 0. The maximum Gasteiger partial charge on any atom is 0.408 e. The number of hydrogen-bond donors (Lipinski definition) is 1. The zero-order valence-corrected chi connectivity index (χ0v) is 6.35. The van der Waals surface area contributed by atoms with E-state index in [4.69, 9.17) is 9.81 Å². The van der Waals surface area contributed by atoms with Crippen LogP contribution in [0.1, 0.15) is 6.42 Å². The van der Waals surface area contributed by atoms with Crippen molar-refractivity contribution in [3.8, 4) is 6.07 Å². The molecular formula is C4H4F3NO3S. The lowest BCUT2D eigenvalue weighted by molar-refractivity contribution is -0.130. The summed E-state index contributed by atoms with van der Waals surface area (Å²) >= 11 is 0. The minimum atomic E-state index is -5.23. The van der Waals surface area contributed by atoms with Crippen molar-refractivity contribution < 1.29 is 26.1 Å². The largest absolute Gasteiger partial charge is 0.408 e. The molecule has 0 radical (unpaired) electrons. The maximum absolute atomic E-state index is 11.7. The molecule has 0 bridgehead atoms. The SMILES string of the molecule is N#CCC(C(F)(F)F)S(=O)(=O)O. The minimum Gasteiger partial charge on any atom is -0.285 e. The summed E-state index contributed by atoms with van der Waals surface area (Å²) in [4.78, 5) is 0. The summed E-state index contributed by atoms with van der Waals surface area (Å²) in [5, 5.41) is 4.83.